The van der Waals surface area contributed by atoms with E-state index in [1.165, 1.54) is 10.9 Å². The van der Waals surface area contributed by atoms with Gasteiger partial charge in [-0.2, -0.15) is 5.48 Å². The number of amides is 2. The van der Waals surface area contributed by atoms with Gasteiger partial charge in [-0.15, -0.1) is 0 Å². The second-order valence-corrected chi connectivity index (χ2v) is 9.90. The molecule has 0 saturated carbocycles. The van der Waals surface area contributed by atoms with Gasteiger partial charge in [-0.05, 0) is 36.8 Å². The first-order valence-electron chi connectivity index (χ1n) is 12.7. The SMILES string of the molecule is Nc1nc(C#CCC2CCN(NC(=O)NOc3ccccc3Cl)CC2)nc2c1ncn2[C@@H]1O[C@H](CO)[C@@H](O)[C@H]1O. The summed E-state index contributed by atoms with van der Waals surface area (Å²) >= 11 is 6.01. The van der Waals surface area contributed by atoms with Crippen molar-refractivity contribution in [1.29, 1.82) is 0 Å². The molecule has 0 bridgehead atoms. The van der Waals surface area contributed by atoms with E-state index in [2.05, 4.69) is 37.7 Å². The van der Waals surface area contributed by atoms with Crippen molar-refractivity contribution in [3.05, 3.63) is 41.4 Å². The van der Waals surface area contributed by atoms with E-state index in [0.29, 0.717) is 47.4 Å². The molecule has 2 amide bonds. The average Bonchev–Trinajstić information content (AvgIpc) is 3.49. The highest BCUT2D eigenvalue weighted by molar-refractivity contribution is 6.32. The molecule has 2 aromatic heterocycles. The number of nitrogens with two attached hydrogens (primary N) is 1. The van der Waals surface area contributed by atoms with Crippen LogP contribution < -0.4 is 21.5 Å². The summed E-state index contributed by atoms with van der Waals surface area (Å²) in [7, 11) is 0. The van der Waals surface area contributed by atoms with E-state index in [0.717, 1.165) is 12.8 Å². The van der Waals surface area contributed by atoms with Crippen molar-refractivity contribution in [3.63, 3.8) is 0 Å². The molecule has 4 atom stereocenters. The van der Waals surface area contributed by atoms with Crippen LogP contribution >= 0.6 is 11.6 Å². The molecule has 5 rings (SSSR count). The van der Waals surface area contributed by atoms with Gasteiger partial charge >= 0.3 is 6.03 Å². The Morgan fingerprint density at radius 3 is 2.73 bits per heavy atom. The van der Waals surface area contributed by atoms with E-state index in [1.54, 1.807) is 24.3 Å². The Morgan fingerprint density at radius 1 is 1.23 bits per heavy atom. The van der Waals surface area contributed by atoms with Crippen molar-refractivity contribution in [2.24, 2.45) is 5.92 Å². The molecule has 0 aliphatic carbocycles. The number of nitrogens with one attached hydrogen (secondary N) is 2. The van der Waals surface area contributed by atoms with Gasteiger partial charge in [0.1, 0.15) is 23.8 Å². The van der Waals surface area contributed by atoms with Crippen molar-refractivity contribution in [3.8, 4) is 17.6 Å². The van der Waals surface area contributed by atoms with Crippen molar-refractivity contribution in [2.45, 2.75) is 43.8 Å². The summed E-state index contributed by atoms with van der Waals surface area (Å²) < 4.78 is 7.03. The number of fused-ring (bicyclic) bond motifs is 1. The van der Waals surface area contributed by atoms with E-state index in [-0.39, 0.29) is 11.6 Å². The Bertz CT molecular complexity index is 1420. The number of carbonyl (C=O) groups excluding carboxylic acids is 1. The number of nitrogens with zero attached hydrogens (tertiary/aromatic N) is 5. The number of urea groups is 1. The number of benzene rings is 1. The fourth-order valence-corrected chi connectivity index (χ4v) is 4.78. The number of ether oxygens (including phenoxy) is 1. The van der Waals surface area contributed by atoms with Crippen LogP contribution in [0.3, 0.4) is 0 Å². The molecule has 4 heterocycles. The molecule has 1 aromatic carbocycles. The summed E-state index contributed by atoms with van der Waals surface area (Å²) in [6, 6.07) is 6.32. The van der Waals surface area contributed by atoms with Gasteiger partial charge < -0.3 is 30.6 Å². The second kappa shape index (κ2) is 12.2. The number of hydroxylamine groups is 1. The molecule has 212 valence electrons. The number of hydrogen-bond donors (Lipinski definition) is 6. The molecule has 0 unspecified atom stereocenters. The third-order valence-electron chi connectivity index (χ3n) is 6.80. The van der Waals surface area contributed by atoms with Crippen LogP contribution in [0.25, 0.3) is 11.2 Å². The first kappa shape index (κ1) is 27.8. The van der Waals surface area contributed by atoms with Gasteiger partial charge in [0.15, 0.2) is 23.4 Å². The van der Waals surface area contributed by atoms with E-state index in [9.17, 15) is 20.1 Å². The molecule has 0 spiro atoms. The highest BCUT2D eigenvalue weighted by Crippen LogP contribution is 2.32. The average molecular weight is 573 g/mol. The first-order valence-corrected chi connectivity index (χ1v) is 13.1. The minimum absolute atomic E-state index is 0.121. The molecule has 7 N–H and O–H groups in total. The Morgan fingerprint density at radius 2 is 2.00 bits per heavy atom. The minimum Gasteiger partial charge on any atom is -0.394 e. The number of imidazole rings is 1. The maximum absolute atomic E-state index is 12.2. The van der Waals surface area contributed by atoms with Crippen LogP contribution in [0.4, 0.5) is 10.6 Å². The van der Waals surface area contributed by atoms with Crippen LogP contribution in [0.15, 0.2) is 30.6 Å². The topological polar surface area (TPSA) is 193 Å². The normalized spacial score (nSPS) is 23.5. The van der Waals surface area contributed by atoms with Crippen molar-refractivity contribution in [2.75, 3.05) is 25.4 Å². The van der Waals surface area contributed by atoms with Crippen LogP contribution in [-0.4, -0.2) is 83.9 Å². The van der Waals surface area contributed by atoms with Gasteiger partial charge in [0, 0.05) is 19.5 Å². The molecule has 2 fully saturated rings. The summed E-state index contributed by atoms with van der Waals surface area (Å²) in [5.41, 5.74) is 11.7. The van der Waals surface area contributed by atoms with Gasteiger partial charge in [-0.1, -0.05) is 29.7 Å². The Hall–Kier alpha value is -3.71. The molecule has 40 heavy (non-hydrogen) atoms. The van der Waals surface area contributed by atoms with E-state index in [1.807, 2.05) is 5.01 Å². The number of aliphatic hydroxyl groups is 3. The molecule has 14 nitrogen and oxygen atoms in total. The monoisotopic (exact) mass is 572 g/mol. The molecule has 0 radical (unpaired) electrons. The van der Waals surface area contributed by atoms with Gasteiger partial charge in [-0.25, -0.2) is 24.8 Å². The van der Waals surface area contributed by atoms with Gasteiger partial charge in [-0.3, -0.25) is 9.99 Å². The number of carbonyl (C=O) groups is 1. The van der Waals surface area contributed by atoms with Crippen LogP contribution in [0.2, 0.25) is 5.02 Å². The maximum atomic E-state index is 12.2. The number of hydrogen-bond acceptors (Lipinski definition) is 11. The van der Waals surface area contributed by atoms with E-state index >= 15 is 0 Å². The lowest BCUT2D eigenvalue weighted by atomic mass is 9.94. The Balaban J connectivity index is 1.14. The van der Waals surface area contributed by atoms with Crippen molar-refractivity contribution in [1.82, 2.24) is 35.4 Å². The molecule has 15 heteroatoms. The highest BCUT2D eigenvalue weighted by Gasteiger charge is 2.44. The molecular formula is C25H29ClN8O6. The Labute approximate surface area is 234 Å². The molecule has 2 aliphatic heterocycles. The summed E-state index contributed by atoms with van der Waals surface area (Å²) in [6.07, 6.45) is -0.862. The number of nitrogen functional groups attached to an aromatic ring is 1. The number of aliphatic hydroxyl groups excluding tert-OH is 3. The molecular weight excluding hydrogens is 544 g/mol. The third-order valence-corrected chi connectivity index (χ3v) is 7.11. The van der Waals surface area contributed by atoms with Crippen molar-refractivity contribution >= 4 is 34.6 Å². The zero-order chi connectivity index (χ0) is 28.2. The number of halogens is 1. The highest BCUT2D eigenvalue weighted by atomic mass is 35.5. The zero-order valence-corrected chi connectivity index (χ0v) is 22.0. The van der Waals surface area contributed by atoms with Crippen LogP contribution in [0, 0.1) is 17.8 Å². The third kappa shape index (κ3) is 6.04. The van der Waals surface area contributed by atoms with Crippen molar-refractivity contribution < 1.29 is 29.7 Å². The number of rotatable bonds is 6. The van der Waals surface area contributed by atoms with Crippen LogP contribution in [0.1, 0.15) is 31.3 Å². The van der Waals surface area contributed by atoms with E-state index in [4.69, 9.17) is 26.9 Å². The standard InChI is InChI=1S/C25H29ClN8O6/c26-15-5-1-2-6-16(15)40-32-25(38)31-33-10-8-14(9-11-33)4-3-7-18-29-22(27)19-23(30-18)34(13-28-19)24-21(37)20(36)17(12-35)39-24/h1-2,5-6,13-14,17,20-21,24,35-37H,4,8-12H2,(H2,27,29,30)(H2,31,32,38)/t17-,20-,21-,24-/m1/s1. The van der Waals surface area contributed by atoms with Crippen LogP contribution in [-0.2, 0) is 4.74 Å². The quantitative estimate of drug-likeness (QED) is 0.176. The smallest absolute Gasteiger partial charge is 0.362 e. The maximum Gasteiger partial charge on any atom is 0.362 e. The summed E-state index contributed by atoms with van der Waals surface area (Å²) in [5.74, 6) is 7.04. The van der Waals surface area contributed by atoms with Crippen LogP contribution in [0.5, 0.6) is 5.75 Å². The number of piperidine rings is 1. The number of para-hydroxylation sites is 1. The summed E-state index contributed by atoms with van der Waals surface area (Å²) in [4.78, 5) is 30.3. The molecule has 2 aliphatic rings. The largest absolute Gasteiger partial charge is 0.394 e. The van der Waals surface area contributed by atoms with Gasteiger partial charge in [0.25, 0.3) is 0 Å². The lowest BCUT2D eigenvalue weighted by Gasteiger charge is -2.31. The lowest BCUT2D eigenvalue weighted by molar-refractivity contribution is -0.0511. The second-order valence-electron chi connectivity index (χ2n) is 9.50. The Kier molecular flexibility index (Phi) is 8.50. The lowest BCUT2D eigenvalue weighted by Crippen LogP contribution is -2.51. The first-order chi connectivity index (χ1) is 19.3. The number of anilines is 1. The minimum atomic E-state index is -1.29. The predicted octanol–water partition coefficient (Wildman–Crippen LogP) is 0.335. The summed E-state index contributed by atoms with van der Waals surface area (Å²) in [5, 5.41) is 32.1. The predicted molar refractivity (Wildman–Crippen MR) is 142 cm³/mol. The fourth-order valence-electron chi connectivity index (χ4n) is 4.61. The number of aromatic nitrogens is 4. The molecule has 2 saturated heterocycles. The zero-order valence-electron chi connectivity index (χ0n) is 21.3. The summed E-state index contributed by atoms with van der Waals surface area (Å²) in [6.45, 7) is 0.838. The van der Waals surface area contributed by atoms with Gasteiger partial charge in [0.2, 0.25) is 5.82 Å². The van der Waals surface area contributed by atoms with E-state index < -0.39 is 37.2 Å². The fraction of sp³-hybridized carbons (Fsp3) is 0.440. The van der Waals surface area contributed by atoms with Gasteiger partial charge in [0.05, 0.1) is 18.0 Å². The molecule has 3 aromatic rings. The number of hydrazine groups is 1.